The molecule has 1 aromatic heterocycles. The van der Waals surface area contributed by atoms with E-state index >= 15 is 0 Å². The van der Waals surface area contributed by atoms with E-state index < -0.39 is 18.0 Å². The predicted octanol–water partition coefficient (Wildman–Crippen LogP) is 2.45. The Labute approximate surface area is 159 Å². The predicted molar refractivity (Wildman–Crippen MR) is 94.1 cm³/mol. The second-order valence-corrected chi connectivity index (χ2v) is 6.11. The van der Waals surface area contributed by atoms with Crippen molar-refractivity contribution in [2.45, 2.75) is 19.8 Å². The topological polar surface area (TPSA) is 76.6 Å². The lowest BCUT2D eigenvalue weighted by Crippen LogP contribution is -2.37. The average Bonchev–Trinajstić information content (AvgIpc) is 2.65. The molecule has 1 aliphatic rings. The van der Waals surface area contributed by atoms with Crippen molar-refractivity contribution in [3.8, 4) is 5.75 Å². The number of nitrogens with zero attached hydrogens (tertiary/aromatic N) is 3. The Bertz CT molecular complexity index is 839. The lowest BCUT2D eigenvalue weighted by molar-refractivity contribution is -0.274. The van der Waals surface area contributed by atoms with E-state index in [1.165, 1.54) is 18.2 Å². The van der Waals surface area contributed by atoms with Crippen molar-refractivity contribution >= 4 is 11.7 Å². The number of para-hydroxylation sites is 1. The third-order valence-corrected chi connectivity index (χ3v) is 3.99. The summed E-state index contributed by atoms with van der Waals surface area (Å²) in [5, 5.41) is 2.54. The maximum Gasteiger partial charge on any atom is 0.573 e. The number of aromatic nitrogens is 2. The molecule has 10 heteroatoms. The molecule has 0 radical (unpaired) electrons. The molecule has 1 saturated heterocycles. The molecule has 1 amide bonds. The molecule has 1 fully saturated rings. The van der Waals surface area contributed by atoms with E-state index in [0.717, 1.165) is 17.6 Å². The summed E-state index contributed by atoms with van der Waals surface area (Å²) >= 11 is 0. The van der Waals surface area contributed by atoms with E-state index in [1.54, 1.807) is 0 Å². The molecule has 0 aliphatic carbocycles. The summed E-state index contributed by atoms with van der Waals surface area (Å²) in [7, 11) is 0. The van der Waals surface area contributed by atoms with Crippen LogP contribution in [0.15, 0.2) is 30.3 Å². The number of anilines is 1. The molecule has 1 N–H and O–H groups in total. The minimum Gasteiger partial charge on any atom is -0.405 e. The first-order chi connectivity index (χ1) is 13.3. The van der Waals surface area contributed by atoms with Crippen molar-refractivity contribution in [1.82, 2.24) is 15.3 Å². The zero-order chi connectivity index (χ0) is 20.1. The first-order valence-electron chi connectivity index (χ1n) is 8.62. The number of hydrogen-bond donors (Lipinski definition) is 1. The Morgan fingerprint density at radius 3 is 2.68 bits per heavy atom. The SMILES string of the molecule is Cc1cc(N2CCOCC2)nc(CNC(=O)c2ccccc2OC(F)(F)F)n1. The normalized spacial score (nSPS) is 14.6. The first kappa shape index (κ1) is 19.9. The first-order valence-corrected chi connectivity index (χ1v) is 8.62. The molecule has 150 valence electrons. The van der Waals surface area contributed by atoms with Crippen LogP contribution in [0.25, 0.3) is 0 Å². The van der Waals surface area contributed by atoms with Crippen LogP contribution in [0.5, 0.6) is 5.75 Å². The van der Waals surface area contributed by atoms with Crippen LogP contribution in [0, 0.1) is 6.92 Å². The number of hydrogen-bond acceptors (Lipinski definition) is 6. The van der Waals surface area contributed by atoms with Crippen LogP contribution in [-0.4, -0.2) is 48.5 Å². The minimum atomic E-state index is -4.89. The van der Waals surface area contributed by atoms with E-state index in [1.807, 2.05) is 13.0 Å². The van der Waals surface area contributed by atoms with Gasteiger partial charge in [0.15, 0.2) is 0 Å². The minimum absolute atomic E-state index is 0.0296. The fourth-order valence-electron chi connectivity index (χ4n) is 2.77. The third-order valence-electron chi connectivity index (χ3n) is 3.99. The summed E-state index contributed by atoms with van der Waals surface area (Å²) in [4.78, 5) is 23.1. The quantitative estimate of drug-likeness (QED) is 0.837. The molecule has 0 bridgehead atoms. The van der Waals surface area contributed by atoms with Crippen molar-refractivity contribution in [3.05, 3.63) is 47.4 Å². The molecule has 2 aromatic rings. The van der Waals surface area contributed by atoms with Crippen molar-refractivity contribution in [2.24, 2.45) is 0 Å². The number of halogens is 3. The second kappa shape index (κ2) is 8.42. The highest BCUT2D eigenvalue weighted by Gasteiger charge is 2.32. The van der Waals surface area contributed by atoms with Gasteiger partial charge in [0.2, 0.25) is 0 Å². The van der Waals surface area contributed by atoms with Gasteiger partial charge in [-0.3, -0.25) is 4.79 Å². The van der Waals surface area contributed by atoms with Crippen LogP contribution in [-0.2, 0) is 11.3 Å². The Balaban J connectivity index is 1.70. The summed E-state index contributed by atoms with van der Waals surface area (Å²) in [6.45, 7) is 4.38. The number of alkyl halides is 3. The van der Waals surface area contributed by atoms with Gasteiger partial charge in [-0.1, -0.05) is 12.1 Å². The number of amides is 1. The van der Waals surface area contributed by atoms with Gasteiger partial charge < -0.3 is 19.7 Å². The van der Waals surface area contributed by atoms with Gasteiger partial charge in [-0.2, -0.15) is 0 Å². The Morgan fingerprint density at radius 2 is 1.96 bits per heavy atom. The van der Waals surface area contributed by atoms with Crippen LogP contribution in [0.2, 0.25) is 0 Å². The highest BCUT2D eigenvalue weighted by Crippen LogP contribution is 2.26. The lowest BCUT2D eigenvalue weighted by Gasteiger charge is -2.28. The number of benzene rings is 1. The van der Waals surface area contributed by atoms with Crippen molar-refractivity contribution in [3.63, 3.8) is 0 Å². The van der Waals surface area contributed by atoms with Gasteiger partial charge in [-0.15, -0.1) is 13.2 Å². The van der Waals surface area contributed by atoms with Crippen LogP contribution < -0.4 is 15.0 Å². The van der Waals surface area contributed by atoms with Crippen LogP contribution >= 0.6 is 0 Å². The van der Waals surface area contributed by atoms with Crippen LogP contribution in [0.4, 0.5) is 19.0 Å². The van der Waals surface area contributed by atoms with Crippen LogP contribution in [0.1, 0.15) is 21.9 Å². The lowest BCUT2D eigenvalue weighted by atomic mass is 10.2. The van der Waals surface area contributed by atoms with Crippen molar-refractivity contribution in [1.29, 1.82) is 0 Å². The maximum absolute atomic E-state index is 12.5. The van der Waals surface area contributed by atoms with Gasteiger partial charge in [0.05, 0.1) is 25.3 Å². The number of ether oxygens (including phenoxy) is 2. The van der Waals surface area contributed by atoms with E-state index in [9.17, 15) is 18.0 Å². The monoisotopic (exact) mass is 396 g/mol. The fraction of sp³-hybridized carbons (Fsp3) is 0.389. The van der Waals surface area contributed by atoms with Crippen LogP contribution in [0.3, 0.4) is 0 Å². The number of carbonyl (C=O) groups excluding carboxylic acids is 1. The van der Waals surface area contributed by atoms with Gasteiger partial charge in [0.25, 0.3) is 5.91 Å². The number of carbonyl (C=O) groups is 1. The van der Waals surface area contributed by atoms with Gasteiger partial charge in [0, 0.05) is 24.8 Å². The summed E-state index contributed by atoms with van der Waals surface area (Å²) in [6, 6.07) is 6.99. The number of aryl methyl sites for hydroxylation is 1. The summed E-state index contributed by atoms with van der Waals surface area (Å²) in [6.07, 6.45) is -4.89. The fourth-order valence-corrected chi connectivity index (χ4v) is 2.77. The molecule has 7 nitrogen and oxygen atoms in total. The zero-order valence-corrected chi connectivity index (χ0v) is 15.1. The number of morpholine rings is 1. The molecule has 3 rings (SSSR count). The van der Waals surface area contributed by atoms with E-state index in [2.05, 4.69) is 24.9 Å². The summed E-state index contributed by atoms with van der Waals surface area (Å²) in [5.41, 5.74) is 0.502. The zero-order valence-electron chi connectivity index (χ0n) is 15.1. The number of rotatable bonds is 5. The smallest absolute Gasteiger partial charge is 0.405 e. The summed E-state index contributed by atoms with van der Waals surface area (Å²) in [5.74, 6) is -0.186. The largest absolute Gasteiger partial charge is 0.573 e. The van der Waals surface area contributed by atoms with Gasteiger partial charge in [-0.05, 0) is 19.1 Å². The van der Waals surface area contributed by atoms with Crippen molar-refractivity contribution in [2.75, 3.05) is 31.2 Å². The molecule has 1 aromatic carbocycles. The standard InChI is InChI=1S/C18H19F3N4O3/c1-12-10-16(25-6-8-27-9-7-25)24-15(23-12)11-22-17(26)13-4-2-3-5-14(13)28-18(19,20)21/h2-5,10H,6-9,11H2,1H3,(H,22,26). The molecule has 0 spiro atoms. The average molecular weight is 396 g/mol. The maximum atomic E-state index is 12.5. The molecule has 1 aliphatic heterocycles. The van der Waals surface area contributed by atoms with Gasteiger partial charge >= 0.3 is 6.36 Å². The van der Waals surface area contributed by atoms with Crippen molar-refractivity contribution < 1.29 is 27.4 Å². The highest BCUT2D eigenvalue weighted by atomic mass is 19.4. The van der Waals surface area contributed by atoms with E-state index in [0.29, 0.717) is 32.1 Å². The molecular weight excluding hydrogens is 377 g/mol. The van der Waals surface area contributed by atoms with Gasteiger partial charge in [0.1, 0.15) is 17.4 Å². The highest BCUT2D eigenvalue weighted by molar-refractivity contribution is 5.96. The molecule has 28 heavy (non-hydrogen) atoms. The Kier molecular flexibility index (Phi) is 5.98. The molecule has 0 unspecified atom stereocenters. The van der Waals surface area contributed by atoms with E-state index in [-0.39, 0.29) is 12.1 Å². The molecule has 2 heterocycles. The second-order valence-electron chi connectivity index (χ2n) is 6.11. The van der Waals surface area contributed by atoms with Gasteiger partial charge in [-0.25, -0.2) is 9.97 Å². The Hall–Kier alpha value is -2.88. The Morgan fingerprint density at radius 1 is 1.25 bits per heavy atom. The number of nitrogens with one attached hydrogen (secondary N) is 1. The molecule has 0 atom stereocenters. The molecular formula is C18H19F3N4O3. The third kappa shape index (κ3) is 5.32. The summed E-state index contributed by atoms with van der Waals surface area (Å²) < 4.78 is 46.8. The molecule has 0 saturated carbocycles. The van der Waals surface area contributed by atoms with E-state index in [4.69, 9.17) is 4.74 Å².